The molecular formula is C16H26N2. The molecule has 0 spiro atoms. The van der Waals surface area contributed by atoms with Crippen LogP contribution in [-0.2, 0) is 0 Å². The van der Waals surface area contributed by atoms with E-state index in [1.165, 1.54) is 30.4 Å². The summed E-state index contributed by atoms with van der Waals surface area (Å²) in [5, 5.41) is 3.75. The zero-order valence-electron chi connectivity index (χ0n) is 11.9. The number of hydrogen-bond donors (Lipinski definition) is 1. The van der Waals surface area contributed by atoms with Crippen LogP contribution in [0.4, 0.5) is 0 Å². The van der Waals surface area contributed by atoms with Crippen LogP contribution in [0.3, 0.4) is 0 Å². The molecule has 0 bridgehead atoms. The zero-order chi connectivity index (χ0) is 13.0. The summed E-state index contributed by atoms with van der Waals surface area (Å²) in [5.74, 6) is 0.868. The van der Waals surface area contributed by atoms with E-state index in [1.54, 1.807) is 0 Å². The predicted octanol–water partition coefficient (Wildman–Crippen LogP) is 2.99. The van der Waals surface area contributed by atoms with Gasteiger partial charge in [-0.3, -0.25) is 0 Å². The molecule has 0 radical (unpaired) electrons. The Bertz CT molecular complexity index is 352. The van der Waals surface area contributed by atoms with E-state index in [0.29, 0.717) is 6.04 Å². The summed E-state index contributed by atoms with van der Waals surface area (Å²) in [7, 11) is 4.27. The number of aryl methyl sites for hydroxylation is 1. The summed E-state index contributed by atoms with van der Waals surface area (Å²) in [5.41, 5.74) is 2.81. The number of hydrogen-bond acceptors (Lipinski definition) is 2. The summed E-state index contributed by atoms with van der Waals surface area (Å²) in [6.45, 7) is 4.44. The molecule has 2 rings (SSSR count). The lowest BCUT2D eigenvalue weighted by Crippen LogP contribution is -2.26. The van der Waals surface area contributed by atoms with Gasteiger partial charge in [-0.1, -0.05) is 29.8 Å². The average Bonchev–Trinajstić information content (AvgIpc) is 3.15. The molecule has 0 aliphatic heterocycles. The zero-order valence-corrected chi connectivity index (χ0v) is 11.9. The second kappa shape index (κ2) is 6.35. The lowest BCUT2D eigenvalue weighted by Gasteiger charge is -2.19. The van der Waals surface area contributed by atoms with E-state index in [4.69, 9.17) is 0 Å². The van der Waals surface area contributed by atoms with Crippen molar-refractivity contribution < 1.29 is 0 Å². The molecule has 1 atom stereocenters. The molecule has 0 amide bonds. The number of nitrogens with one attached hydrogen (secondary N) is 1. The first-order valence-electron chi connectivity index (χ1n) is 7.11. The topological polar surface area (TPSA) is 15.3 Å². The highest BCUT2D eigenvalue weighted by molar-refractivity contribution is 5.25. The van der Waals surface area contributed by atoms with Crippen LogP contribution in [0.25, 0.3) is 0 Å². The van der Waals surface area contributed by atoms with Gasteiger partial charge in [-0.05, 0) is 64.9 Å². The lowest BCUT2D eigenvalue weighted by atomic mass is 10.0. The molecule has 1 aromatic rings. The maximum Gasteiger partial charge on any atom is 0.0348 e. The number of rotatable bonds is 7. The minimum atomic E-state index is 0.577. The van der Waals surface area contributed by atoms with E-state index in [2.05, 4.69) is 55.5 Å². The Labute approximate surface area is 111 Å². The standard InChI is InChI=1S/C16H26N2/c1-13-5-7-14(8-6-13)16(15-9-10-15)17-11-4-12-18(2)3/h5-8,15-17H,4,9-12H2,1-3H3. The molecule has 100 valence electrons. The van der Waals surface area contributed by atoms with Gasteiger partial charge in [-0.25, -0.2) is 0 Å². The maximum atomic E-state index is 3.75. The molecular weight excluding hydrogens is 220 g/mol. The number of nitrogens with zero attached hydrogens (tertiary/aromatic N) is 1. The normalized spacial score (nSPS) is 17.1. The summed E-state index contributed by atoms with van der Waals surface area (Å²) >= 11 is 0. The molecule has 1 unspecified atom stereocenters. The second-order valence-electron chi connectivity index (χ2n) is 5.84. The monoisotopic (exact) mass is 246 g/mol. The van der Waals surface area contributed by atoms with Gasteiger partial charge in [0.2, 0.25) is 0 Å². The van der Waals surface area contributed by atoms with Crippen LogP contribution < -0.4 is 5.32 Å². The minimum absolute atomic E-state index is 0.577. The molecule has 1 aliphatic carbocycles. The predicted molar refractivity (Wildman–Crippen MR) is 77.8 cm³/mol. The smallest absolute Gasteiger partial charge is 0.0348 e. The largest absolute Gasteiger partial charge is 0.310 e. The molecule has 0 aromatic heterocycles. The molecule has 1 fully saturated rings. The molecule has 1 aliphatic rings. The van der Waals surface area contributed by atoms with Crippen LogP contribution in [0.15, 0.2) is 24.3 Å². The van der Waals surface area contributed by atoms with E-state index in [9.17, 15) is 0 Å². The third-order valence-electron chi connectivity index (χ3n) is 3.68. The van der Waals surface area contributed by atoms with Crippen LogP contribution in [0.5, 0.6) is 0 Å². The molecule has 2 heteroatoms. The first-order valence-corrected chi connectivity index (χ1v) is 7.11. The molecule has 1 saturated carbocycles. The van der Waals surface area contributed by atoms with Crippen molar-refractivity contribution >= 4 is 0 Å². The summed E-state index contributed by atoms with van der Waals surface area (Å²) in [4.78, 5) is 2.25. The Morgan fingerprint density at radius 2 is 1.89 bits per heavy atom. The van der Waals surface area contributed by atoms with Gasteiger partial charge in [0.1, 0.15) is 0 Å². The van der Waals surface area contributed by atoms with E-state index in [1.807, 2.05) is 0 Å². The quantitative estimate of drug-likeness (QED) is 0.744. The molecule has 0 saturated heterocycles. The summed E-state index contributed by atoms with van der Waals surface area (Å²) in [6, 6.07) is 9.61. The van der Waals surface area contributed by atoms with Crippen molar-refractivity contribution in [3.63, 3.8) is 0 Å². The average molecular weight is 246 g/mol. The van der Waals surface area contributed by atoms with Crippen LogP contribution in [-0.4, -0.2) is 32.1 Å². The lowest BCUT2D eigenvalue weighted by molar-refractivity contribution is 0.380. The third-order valence-corrected chi connectivity index (χ3v) is 3.68. The van der Waals surface area contributed by atoms with Crippen LogP contribution >= 0.6 is 0 Å². The Morgan fingerprint density at radius 1 is 1.22 bits per heavy atom. The fraction of sp³-hybridized carbons (Fsp3) is 0.625. The molecule has 2 nitrogen and oxygen atoms in total. The van der Waals surface area contributed by atoms with E-state index >= 15 is 0 Å². The summed E-state index contributed by atoms with van der Waals surface area (Å²) in [6.07, 6.45) is 4.00. The van der Waals surface area contributed by atoms with Crippen molar-refractivity contribution in [2.24, 2.45) is 5.92 Å². The Hall–Kier alpha value is -0.860. The minimum Gasteiger partial charge on any atom is -0.310 e. The van der Waals surface area contributed by atoms with Crippen LogP contribution in [0, 0.1) is 12.8 Å². The highest BCUT2D eigenvalue weighted by Gasteiger charge is 2.31. The molecule has 1 aromatic carbocycles. The second-order valence-corrected chi connectivity index (χ2v) is 5.84. The molecule has 0 heterocycles. The van der Waals surface area contributed by atoms with Crippen molar-refractivity contribution in [2.75, 3.05) is 27.2 Å². The molecule has 1 N–H and O–H groups in total. The Balaban J connectivity index is 1.86. The highest BCUT2D eigenvalue weighted by Crippen LogP contribution is 2.40. The third kappa shape index (κ3) is 4.11. The van der Waals surface area contributed by atoms with Gasteiger partial charge in [0.05, 0.1) is 0 Å². The van der Waals surface area contributed by atoms with Crippen LogP contribution in [0.2, 0.25) is 0 Å². The van der Waals surface area contributed by atoms with Crippen molar-refractivity contribution in [1.29, 1.82) is 0 Å². The SMILES string of the molecule is Cc1ccc(C(NCCCN(C)C)C2CC2)cc1. The Kier molecular flexibility index (Phi) is 4.79. The van der Waals surface area contributed by atoms with Gasteiger partial charge in [0, 0.05) is 6.04 Å². The van der Waals surface area contributed by atoms with Crippen molar-refractivity contribution in [2.45, 2.75) is 32.2 Å². The van der Waals surface area contributed by atoms with E-state index in [-0.39, 0.29) is 0 Å². The molecule has 18 heavy (non-hydrogen) atoms. The highest BCUT2D eigenvalue weighted by atomic mass is 15.1. The van der Waals surface area contributed by atoms with Gasteiger partial charge in [0.15, 0.2) is 0 Å². The van der Waals surface area contributed by atoms with Crippen molar-refractivity contribution in [3.8, 4) is 0 Å². The number of benzene rings is 1. The van der Waals surface area contributed by atoms with Gasteiger partial charge in [-0.2, -0.15) is 0 Å². The van der Waals surface area contributed by atoms with Gasteiger partial charge >= 0.3 is 0 Å². The van der Waals surface area contributed by atoms with Gasteiger partial charge in [0.25, 0.3) is 0 Å². The van der Waals surface area contributed by atoms with Gasteiger partial charge < -0.3 is 10.2 Å². The fourth-order valence-electron chi connectivity index (χ4n) is 2.41. The first kappa shape index (κ1) is 13.6. The van der Waals surface area contributed by atoms with E-state index in [0.717, 1.165) is 19.0 Å². The van der Waals surface area contributed by atoms with Crippen molar-refractivity contribution in [3.05, 3.63) is 35.4 Å². The fourth-order valence-corrected chi connectivity index (χ4v) is 2.41. The summed E-state index contributed by atoms with van der Waals surface area (Å²) < 4.78 is 0. The Morgan fingerprint density at radius 3 is 2.44 bits per heavy atom. The van der Waals surface area contributed by atoms with Crippen molar-refractivity contribution in [1.82, 2.24) is 10.2 Å². The maximum absolute atomic E-state index is 3.75. The van der Waals surface area contributed by atoms with Crippen LogP contribution in [0.1, 0.15) is 36.4 Å². The first-order chi connectivity index (χ1) is 8.66. The van der Waals surface area contributed by atoms with Gasteiger partial charge in [-0.15, -0.1) is 0 Å². The van der Waals surface area contributed by atoms with E-state index < -0.39 is 0 Å².